The molecule has 0 saturated heterocycles. The van der Waals surface area contributed by atoms with E-state index in [2.05, 4.69) is 6.58 Å². The van der Waals surface area contributed by atoms with E-state index in [0.717, 1.165) is 5.56 Å². The SMILES string of the molecule is C=CC(=O)c1cc(CC=C(C)C)c(OC)cc1O. The summed E-state index contributed by atoms with van der Waals surface area (Å²) in [5.74, 6) is 0.192. The van der Waals surface area contributed by atoms with Gasteiger partial charge in [-0.3, -0.25) is 4.79 Å². The molecule has 0 aliphatic carbocycles. The number of rotatable bonds is 5. The Morgan fingerprint density at radius 3 is 2.61 bits per heavy atom. The maximum atomic E-state index is 11.6. The number of phenols is 1. The third-order valence-corrected chi connectivity index (χ3v) is 2.58. The standard InChI is InChI=1S/C15H18O3/c1-5-13(16)12-8-11(7-6-10(2)3)15(18-4)9-14(12)17/h5-6,8-9,17H,1,7H2,2-4H3. The van der Waals surface area contributed by atoms with Gasteiger partial charge in [0.2, 0.25) is 0 Å². The largest absolute Gasteiger partial charge is 0.507 e. The van der Waals surface area contributed by atoms with E-state index in [9.17, 15) is 9.90 Å². The van der Waals surface area contributed by atoms with Crippen molar-refractivity contribution in [3.8, 4) is 11.5 Å². The first-order chi connectivity index (χ1) is 8.49. The van der Waals surface area contributed by atoms with Crippen molar-refractivity contribution in [2.24, 2.45) is 0 Å². The summed E-state index contributed by atoms with van der Waals surface area (Å²) < 4.78 is 5.20. The molecule has 0 radical (unpaired) electrons. The van der Waals surface area contributed by atoms with Gasteiger partial charge < -0.3 is 9.84 Å². The van der Waals surface area contributed by atoms with Crippen molar-refractivity contribution in [3.05, 3.63) is 47.6 Å². The summed E-state index contributed by atoms with van der Waals surface area (Å²) >= 11 is 0. The molecule has 0 aliphatic heterocycles. The minimum atomic E-state index is -0.298. The number of hydrogen-bond donors (Lipinski definition) is 1. The topological polar surface area (TPSA) is 46.5 Å². The molecule has 0 spiro atoms. The highest BCUT2D eigenvalue weighted by atomic mass is 16.5. The summed E-state index contributed by atoms with van der Waals surface area (Å²) in [4.78, 5) is 11.6. The Morgan fingerprint density at radius 1 is 1.44 bits per heavy atom. The van der Waals surface area contributed by atoms with Crippen molar-refractivity contribution >= 4 is 5.78 Å². The number of carbonyl (C=O) groups is 1. The lowest BCUT2D eigenvalue weighted by atomic mass is 10.0. The van der Waals surface area contributed by atoms with Crippen LogP contribution in [0.5, 0.6) is 11.5 Å². The summed E-state index contributed by atoms with van der Waals surface area (Å²) in [7, 11) is 1.54. The van der Waals surface area contributed by atoms with E-state index in [-0.39, 0.29) is 17.1 Å². The second-order valence-electron chi connectivity index (χ2n) is 4.24. The van der Waals surface area contributed by atoms with Crippen LogP contribution in [-0.4, -0.2) is 18.0 Å². The minimum absolute atomic E-state index is 0.0855. The fraction of sp³-hybridized carbons (Fsp3) is 0.267. The second-order valence-corrected chi connectivity index (χ2v) is 4.24. The van der Waals surface area contributed by atoms with Gasteiger partial charge in [0.1, 0.15) is 11.5 Å². The number of hydrogen-bond acceptors (Lipinski definition) is 3. The van der Waals surface area contributed by atoms with E-state index in [1.165, 1.54) is 24.8 Å². The smallest absolute Gasteiger partial charge is 0.188 e. The predicted octanol–water partition coefficient (Wildman–Crippen LogP) is 3.28. The first kappa shape index (κ1) is 14.0. The van der Waals surface area contributed by atoms with Crippen LogP contribution >= 0.6 is 0 Å². The Bertz CT molecular complexity index is 495. The Balaban J connectivity index is 3.25. The van der Waals surface area contributed by atoms with Gasteiger partial charge in [-0.2, -0.15) is 0 Å². The molecular formula is C15H18O3. The number of aromatic hydroxyl groups is 1. The molecule has 0 fully saturated rings. The zero-order valence-electron chi connectivity index (χ0n) is 11.0. The second kappa shape index (κ2) is 6.05. The van der Waals surface area contributed by atoms with Crippen LogP contribution in [0.25, 0.3) is 0 Å². The molecule has 0 saturated carbocycles. The van der Waals surface area contributed by atoms with Crippen LogP contribution in [0.1, 0.15) is 29.8 Å². The van der Waals surface area contributed by atoms with Crippen molar-refractivity contribution in [2.45, 2.75) is 20.3 Å². The quantitative estimate of drug-likeness (QED) is 0.492. The Hall–Kier alpha value is -2.03. The van der Waals surface area contributed by atoms with Crippen LogP contribution < -0.4 is 4.74 Å². The Kier molecular flexibility index (Phi) is 4.72. The highest BCUT2D eigenvalue weighted by Gasteiger charge is 2.13. The summed E-state index contributed by atoms with van der Waals surface area (Å²) in [5.41, 5.74) is 2.30. The predicted molar refractivity (Wildman–Crippen MR) is 72.3 cm³/mol. The lowest BCUT2D eigenvalue weighted by Gasteiger charge is -2.10. The number of benzene rings is 1. The van der Waals surface area contributed by atoms with E-state index >= 15 is 0 Å². The van der Waals surface area contributed by atoms with Gasteiger partial charge >= 0.3 is 0 Å². The fourth-order valence-corrected chi connectivity index (χ4v) is 1.58. The molecule has 0 atom stereocenters. The van der Waals surface area contributed by atoms with Crippen LogP contribution in [0.15, 0.2) is 36.4 Å². The molecule has 3 heteroatoms. The van der Waals surface area contributed by atoms with Crippen molar-refractivity contribution in [1.29, 1.82) is 0 Å². The van der Waals surface area contributed by atoms with Crippen LogP contribution in [0, 0.1) is 0 Å². The first-order valence-corrected chi connectivity index (χ1v) is 5.69. The van der Waals surface area contributed by atoms with Crippen molar-refractivity contribution in [1.82, 2.24) is 0 Å². The molecule has 1 N–H and O–H groups in total. The number of carbonyl (C=O) groups excluding carboxylic acids is 1. The maximum absolute atomic E-state index is 11.6. The van der Waals surface area contributed by atoms with Crippen molar-refractivity contribution in [3.63, 3.8) is 0 Å². The molecule has 1 aromatic carbocycles. The monoisotopic (exact) mass is 246 g/mol. The van der Waals surface area contributed by atoms with Gasteiger partial charge in [-0.15, -0.1) is 0 Å². The molecular weight excluding hydrogens is 228 g/mol. The zero-order valence-corrected chi connectivity index (χ0v) is 11.0. The van der Waals surface area contributed by atoms with Gasteiger partial charge in [0.05, 0.1) is 12.7 Å². The number of phenolic OH excluding ortho intramolecular Hbond substituents is 1. The van der Waals surface area contributed by atoms with Gasteiger partial charge in [0.15, 0.2) is 5.78 Å². The lowest BCUT2D eigenvalue weighted by molar-refractivity contribution is 0.104. The molecule has 0 aliphatic rings. The summed E-state index contributed by atoms with van der Waals surface area (Å²) in [5, 5.41) is 9.76. The van der Waals surface area contributed by atoms with E-state index in [1.54, 1.807) is 6.07 Å². The third kappa shape index (κ3) is 3.23. The van der Waals surface area contributed by atoms with E-state index < -0.39 is 0 Å². The molecule has 3 nitrogen and oxygen atoms in total. The van der Waals surface area contributed by atoms with E-state index in [1.807, 2.05) is 19.9 Å². The molecule has 0 heterocycles. The van der Waals surface area contributed by atoms with Gasteiger partial charge in [-0.25, -0.2) is 0 Å². The van der Waals surface area contributed by atoms with Gasteiger partial charge in [0.25, 0.3) is 0 Å². The van der Waals surface area contributed by atoms with Crippen LogP contribution in [-0.2, 0) is 6.42 Å². The van der Waals surface area contributed by atoms with Gasteiger partial charge in [-0.1, -0.05) is 18.2 Å². The highest BCUT2D eigenvalue weighted by Crippen LogP contribution is 2.29. The maximum Gasteiger partial charge on any atom is 0.188 e. The molecule has 96 valence electrons. The van der Waals surface area contributed by atoms with Crippen molar-refractivity contribution in [2.75, 3.05) is 7.11 Å². The molecule has 18 heavy (non-hydrogen) atoms. The number of ketones is 1. The zero-order chi connectivity index (χ0) is 13.7. The van der Waals surface area contributed by atoms with E-state index in [0.29, 0.717) is 12.2 Å². The van der Waals surface area contributed by atoms with Gasteiger partial charge in [-0.05, 0) is 38.0 Å². The Labute approximate surface area is 107 Å². The fourth-order valence-electron chi connectivity index (χ4n) is 1.58. The number of ether oxygens (including phenoxy) is 1. The molecule has 0 aromatic heterocycles. The molecule has 0 unspecified atom stereocenters. The van der Waals surface area contributed by atoms with E-state index in [4.69, 9.17) is 4.74 Å². The van der Waals surface area contributed by atoms with Crippen LogP contribution in [0.3, 0.4) is 0 Å². The molecule has 1 rings (SSSR count). The summed E-state index contributed by atoms with van der Waals surface area (Å²) in [6.07, 6.45) is 3.88. The third-order valence-electron chi connectivity index (χ3n) is 2.58. The average Bonchev–Trinajstić information content (AvgIpc) is 2.35. The molecule has 1 aromatic rings. The highest BCUT2D eigenvalue weighted by molar-refractivity contribution is 6.06. The minimum Gasteiger partial charge on any atom is -0.507 e. The van der Waals surface area contributed by atoms with Crippen molar-refractivity contribution < 1.29 is 14.6 Å². The average molecular weight is 246 g/mol. The molecule has 0 amide bonds. The number of methoxy groups -OCH3 is 1. The van der Waals surface area contributed by atoms with Crippen LogP contribution in [0.2, 0.25) is 0 Å². The lowest BCUT2D eigenvalue weighted by Crippen LogP contribution is -1.99. The van der Waals surface area contributed by atoms with Crippen LogP contribution in [0.4, 0.5) is 0 Å². The summed E-state index contributed by atoms with van der Waals surface area (Å²) in [6.45, 7) is 7.43. The molecule has 0 bridgehead atoms. The first-order valence-electron chi connectivity index (χ1n) is 5.69. The summed E-state index contributed by atoms with van der Waals surface area (Å²) in [6, 6.07) is 3.11. The van der Waals surface area contributed by atoms with Gasteiger partial charge in [0, 0.05) is 6.07 Å². The Morgan fingerprint density at radius 2 is 2.11 bits per heavy atom. The number of allylic oxidation sites excluding steroid dienone is 3. The normalized spacial score (nSPS) is 9.72.